The lowest BCUT2D eigenvalue weighted by Crippen LogP contribution is -2.17. The van der Waals surface area contributed by atoms with E-state index in [0.717, 1.165) is 29.8 Å². The number of nitro benzene ring substituents is 1. The lowest BCUT2D eigenvalue weighted by Gasteiger charge is -2.05. The van der Waals surface area contributed by atoms with Crippen molar-refractivity contribution in [3.05, 3.63) is 56.9 Å². The van der Waals surface area contributed by atoms with Crippen LogP contribution < -0.4 is 0 Å². The van der Waals surface area contributed by atoms with Crippen molar-refractivity contribution in [1.29, 1.82) is 0 Å². The Morgan fingerprint density at radius 3 is 2.62 bits per heavy atom. The number of aryl methyl sites for hydroxylation is 1. The summed E-state index contributed by atoms with van der Waals surface area (Å²) in [5.41, 5.74) is 2.42. The smallest absolute Gasteiger partial charge is 0.266 e. The van der Waals surface area contributed by atoms with Gasteiger partial charge < -0.3 is 0 Å². The normalized spacial score (nSPS) is 10.6. The number of carbonyl (C=O) groups is 1. The van der Waals surface area contributed by atoms with Crippen LogP contribution in [0.2, 0.25) is 0 Å². The van der Waals surface area contributed by atoms with Gasteiger partial charge in [-0.2, -0.15) is 5.10 Å². The molecular weight excluding hydrogens is 270 g/mol. The quantitative estimate of drug-likeness (QED) is 0.639. The van der Waals surface area contributed by atoms with Crippen LogP contribution in [0.5, 0.6) is 0 Å². The first-order valence-corrected chi connectivity index (χ1v) is 6.80. The standard InChI is InChI=1S/C15H17N3O3/c1-4-7-12-10(2)16-17(11(12)3)15(19)13-8-5-6-9-14(13)18(20)21/h5-6,8-9H,4,7H2,1-3H3. The molecule has 0 unspecified atom stereocenters. The second-order valence-electron chi connectivity index (χ2n) is 4.89. The first-order chi connectivity index (χ1) is 9.97. The van der Waals surface area contributed by atoms with Gasteiger partial charge in [0.05, 0.1) is 10.6 Å². The molecule has 0 bridgehead atoms. The van der Waals surface area contributed by atoms with E-state index in [1.165, 1.54) is 16.8 Å². The molecule has 0 N–H and O–H groups in total. The van der Waals surface area contributed by atoms with Crippen LogP contribution in [0, 0.1) is 24.0 Å². The minimum Gasteiger partial charge on any atom is -0.266 e. The van der Waals surface area contributed by atoms with E-state index in [2.05, 4.69) is 12.0 Å². The molecule has 0 aliphatic rings. The molecular formula is C15H17N3O3. The number of hydrogen-bond acceptors (Lipinski definition) is 4. The van der Waals surface area contributed by atoms with Crippen molar-refractivity contribution in [2.24, 2.45) is 0 Å². The topological polar surface area (TPSA) is 78.0 Å². The zero-order valence-electron chi connectivity index (χ0n) is 12.3. The molecule has 0 spiro atoms. The van der Waals surface area contributed by atoms with Gasteiger partial charge in [-0.25, -0.2) is 4.68 Å². The number of nitrogens with zero attached hydrogens (tertiary/aromatic N) is 3. The van der Waals surface area contributed by atoms with Crippen LogP contribution in [0.15, 0.2) is 24.3 Å². The van der Waals surface area contributed by atoms with E-state index in [1.807, 2.05) is 13.8 Å². The molecule has 0 aliphatic carbocycles. The highest BCUT2D eigenvalue weighted by molar-refractivity contribution is 5.99. The van der Waals surface area contributed by atoms with Gasteiger partial charge in [0.2, 0.25) is 0 Å². The van der Waals surface area contributed by atoms with Gasteiger partial charge in [0.15, 0.2) is 0 Å². The fourth-order valence-corrected chi connectivity index (χ4v) is 2.41. The summed E-state index contributed by atoms with van der Waals surface area (Å²) in [6.45, 7) is 5.72. The molecule has 0 saturated carbocycles. The average molecular weight is 287 g/mol. The second kappa shape index (κ2) is 5.87. The van der Waals surface area contributed by atoms with Gasteiger partial charge >= 0.3 is 0 Å². The van der Waals surface area contributed by atoms with E-state index in [4.69, 9.17) is 0 Å². The van der Waals surface area contributed by atoms with E-state index in [9.17, 15) is 14.9 Å². The number of hydrogen-bond donors (Lipinski definition) is 0. The van der Waals surface area contributed by atoms with Crippen molar-refractivity contribution in [3.8, 4) is 0 Å². The van der Waals surface area contributed by atoms with Crippen molar-refractivity contribution >= 4 is 11.6 Å². The summed E-state index contributed by atoms with van der Waals surface area (Å²) in [6, 6.07) is 5.93. The maximum Gasteiger partial charge on any atom is 0.285 e. The largest absolute Gasteiger partial charge is 0.285 e. The molecule has 1 aromatic heterocycles. The van der Waals surface area contributed by atoms with Crippen molar-refractivity contribution in [1.82, 2.24) is 9.78 Å². The molecule has 1 heterocycles. The molecule has 6 heteroatoms. The summed E-state index contributed by atoms with van der Waals surface area (Å²) in [7, 11) is 0. The summed E-state index contributed by atoms with van der Waals surface area (Å²) in [6.07, 6.45) is 1.79. The fraction of sp³-hybridized carbons (Fsp3) is 0.333. The minimum absolute atomic E-state index is 0.0520. The number of rotatable bonds is 4. The van der Waals surface area contributed by atoms with Crippen LogP contribution in [0.25, 0.3) is 0 Å². The first kappa shape index (κ1) is 14.9. The summed E-state index contributed by atoms with van der Waals surface area (Å²) < 4.78 is 1.27. The number of nitro groups is 1. The number of benzene rings is 1. The summed E-state index contributed by atoms with van der Waals surface area (Å²) in [4.78, 5) is 23.0. The van der Waals surface area contributed by atoms with Crippen molar-refractivity contribution in [2.75, 3.05) is 0 Å². The van der Waals surface area contributed by atoms with E-state index in [1.54, 1.807) is 12.1 Å². The molecule has 0 radical (unpaired) electrons. The lowest BCUT2D eigenvalue weighted by atomic mass is 10.1. The number of aromatic nitrogens is 2. The van der Waals surface area contributed by atoms with Crippen LogP contribution >= 0.6 is 0 Å². The lowest BCUT2D eigenvalue weighted by molar-refractivity contribution is -0.385. The maximum absolute atomic E-state index is 12.6. The Labute approximate surface area is 122 Å². The Bertz CT molecular complexity index is 704. The predicted octanol–water partition coefficient (Wildman–Crippen LogP) is 3.05. The number of carbonyl (C=O) groups excluding carboxylic acids is 1. The van der Waals surface area contributed by atoms with Gasteiger partial charge in [-0.1, -0.05) is 25.5 Å². The van der Waals surface area contributed by atoms with Crippen LogP contribution in [0.4, 0.5) is 5.69 Å². The molecule has 21 heavy (non-hydrogen) atoms. The Hall–Kier alpha value is -2.50. The Morgan fingerprint density at radius 2 is 2.00 bits per heavy atom. The summed E-state index contributed by atoms with van der Waals surface area (Å²) in [5.74, 6) is -0.467. The van der Waals surface area contributed by atoms with E-state index < -0.39 is 10.8 Å². The summed E-state index contributed by atoms with van der Waals surface area (Å²) >= 11 is 0. The van der Waals surface area contributed by atoms with Crippen LogP contribution in [0.1, 0.15) is 40.7 Å². The third kappa shape index (κ3) is 2.69. The van der Waals surface area contributed by atoms with Crippen LogP contribution in [-0.4, -0.2) is 20.6 Å². The van der Waals surface area contributed by atoms with Crippen molar-refractivity contribution < 1.29 is 9.72 Å². The van der Waals surface area contributed by atoms with Gasteiger partial charge in [0.25, 0.3) is 11.6 Å². The highest BCUT2D eigenvalue weighted by Crippen LogP contribution is 2.21. The van der Waals surface area contributed by atoms with Gasteiger partial charge in [0.1, 0.15) is 5.56 Å². The van der Waals surface area contributed by atoms with E-state index in [-0.39, 0.29) is 11.3 Å². The summed E-state index contributed by atoms with van der Waals surface area (Å²) in [5, 5.41) is 15.3. The molecule has 0 fully saturated rings. The highest BCUT2D eigenvalue weighted by atomic mass is 16.6. The van der Waals surface area contributed by atoms with Crippen LogP contribution in [-0.2, 0) is 6.42 Å². The fourth-order valence-electron chi connectivity index (χ4n) is 2.41. The molecule has 0 atom stereocenters. The predicted molar refractivity (Wildman–Crippen MR) is 78.5 cm³/mol. The zero-order chi connectivity index (χ0) is 15.6. The molecule has 1 aromatic carbocycles. The Balaban J connectivity index is 2.51. The molecule has 0 aliphatic heterocycles. The van der Waals surface area contributed by atoms with Gasteiger partial charge in [-0.05, 0) is 31.9 Å². The molecule has 2 aromatic rings. The molecule has 110 valence electrons. The van der Waals surface area contributed by atoms with Gasteiger partial charge in [-0.3, -0.25) is 14.9 Å². The third-order valence-corrected chi connectivity index (χ3v) is 3.46. The zero-order valence-corrected chi connectivity index (χ0v) is 12.3. The van der Waals surface area contributed by atoms with Crippen molar-refractivity contribution in [3.63, 3.8) is 0 Å². The van der Waals surface area contributed by atoms with E-state index >= 15 is 0 Å². The number of para-hydroxylation sites is 1. The third-order valence-electron chi connectivity index (χ3n) is 3.46. The van der Waals surface area contributed by atoms with Gasteiger partial charge in [-0.15, -0.1) is 0 Å². The Kier molecular flexibility index (Phi) is 4.16. The maximum atomic E-state index is 12.6. The van der Waals surface area contributed by atoms with E-state index in [0.29, 0.717) is 0 Å². The minimum atomic E-state index is -0.550. The van der Waals surface area contributed by atoms with Crippen molar-refractivity contribution in [2.45, 2.75) is 33.6 Å². The molecule has 6 nitrogen and oxygen atoms in total. The SMILES string of the molecule is CCCc1c(C)nn(C(=O)c2ccccc2[N+](=O)[O-])c1C. The Morgan fingerprint density at radius 1 is 1.33 bits per heavy atom. The first-order valence-electron chi connectivity index (χ1n) is 6.80. The highest BCUT2D eigenvalue weighted by Gasteiger charge is 2.24. The molecule has 0 saturated heterocycles. The second-order valence-corrected chi connectivity index (χ2v) is 4.89. The monoisotopic (exact) mass is 287 g/mol. The van der Waals surface area contributed by atoms with Crippen LogP contribution in [0.3, 0.4) is 0 Å². The average Bonchev–Trinajstić information content (AvgIpc) is 2.75. The molecule has 0 amide bonds. The molecule has 2 rings (SSSR count). The van der Waals surface area contributed by atoms with Gasteiger partial charge in [0, 0.05) is 11.8 Å².